The summed E-state index contributed by atoms with van der Waals surface area (Å²) in [4.78, 5) is 13.0. The number of rotatable bonds is 2. The van der Waals surface area contributed by atoms with Crippen molar-refractivity contribution in [2.45, 2.75) is 30.6 Å². The van der Waals surface area contributed by atoms with Gasteiger partial charge in [-0.1, -0.05) is 0 Å². The highest BCUT2D eigenvalue weighted by molar-refractivity contribution is 8.14. The summed E-state index contributed by atoms with van der Waals surface area (Å²) in [6, 6.07) is 0.288. The molecule has 0 radical (unpaired) electrons. The molecule has 1 heterocycles. The average Bonchev–Trinajstić information content (AvgIpc) is 2.73. The number of carbonyl (C=O) groups is 1. The van der Waals surface area contributed by atoms with E-state index in [1.54, 1.807) is 4.90 Å². The molecule has 0 unspecified atom stereocenters. The molecule has 74 valence electrons. The van der Waals surface area contributed by atoms with E-state index in [1.165, 1.54) is 0 Å². The molecular formula is C7H10ClNO3S. The van der Waals surface area contributed by atoms with E-state index < -0.39 is 14.3 Å². The molecule has 1 aliphatic heterocycles. The van der Waals surface area contributed by atoms with Crippen LogP contribution in [-0.2, 0) is 13.8 Å². The maximum absolute atomic E-state index is 11.3. The smallest absolute Gasteiger partial charge is 0.237 e. The van der Waals surface area contributed by atoms with Gasteiger partial charge in [0.1, 0.15) is 5.25 Å². The molecule has 6 heteroatoms. The van der Waals surface area contributed by atoms with Gasteiger partial charge < -0.3 is 4.90 Å². The van der Waals surface area contributed by atoms with Crippen molar-refractivity contribution in [3.8, 4) is 0 Å². The second-order valence-electron chi connectivity index (χ2n) is 3.58. The Labute approximate surface area is 81.3 Å². The maximum atomic E-state index is 11.3. The third-order valence-corrected chi connectivity index (χ3v) is 4.38. The summed E-state index contributed by atoms with van der Waals surface area (Å²) in [5.41, 5.74) is 0. The van der Waals surface area contributed by atoms with E-state index in [4.69, 9.17) is 10.7 Å². The normalized spacial score (nSPS) is 29.8. The molecule has 0 N–H and O–H groups in total. The Morgan fingerprint density at radius 2 is 2.00 bits per heavy atom. The fourth-order valence-corrected chi connectivity index (χ4v) is 2.66. The molecule has 0 aromatic heterocycles. The minimum absolute atomic E-state index is 0.0579. The molecule has 1 atom stereocenters. The van der Waals surface area contributed by atoms with Crippen molar-refractivity contribution in [2.24, 2.45) is 0 Å². The molecule has 2 aliphatic rings. The zero-order valence-corrected chi connectivity index (χ0v) is 8.51. The van der Waals surface area contributed by atoms with Gasteiger partial charge in [-0.3, -0.25) is 4.79 Å². The Kier molecular flexibility index (Phi) is 2.03. The zero-order chi connectivity index (χ0) is 9.64. The van der Waals surface area contributed by atoms with Gasteiger partial charge in [0.2, 0.25) is 15.0 Å². The highest BCUT2D eigenvalue weighted by Crippen LogP contribution is 2.32. The van der Waals surface area contributed by atoms with Crippen LogP contribution in [0.15, 0.2) is 0 Å². The van der Waals surface area contributed by atoms with Gasteiger partial charge in [0.15, 0.2) is 0 Å². The first-order valence-corrected chi connectivity index (χ1v) is 6.58. The van der Waals surface area contributed by atoms with Crippen LogP contribution in [0, 0.1) is 0 Å². The van der Waals surface area contributed by atoms with Crippen LogP contribution < -0.4 is 0 Å². The predicted molar refractivity (Wildman–Crippen MR) is 47.9 cm³/mol. The average molecular weight is 224 g/mol. The van der Waals surface area contributed by atoms with E-state index in [0.29, 0.717) is 0 Å². The molecule has 1 saturated carbocycles. The van der Waals surface area contributed by atoms with Crippen molar-refractivity contribution in [2.75, 3.05) is 6.54 Å². The number of hydrogen-bond acceptors (Lipinski definition) is 3. The number of carbonyl (C=O) groups excluding carboxylic acids is 1. The molecule has 0 aromatic rings. The number of halogens is 1. The Morgan fingerprint density at radius 3 is 2.38 bits per heavy atom. The van der Waals surface area contributed by atoms with Crippen LogP contribution in [-0.4, -0.2) is 37.1 Å². The lowest BCUT2D eigenvalue weighted by Crippen LogP contribution is -2.29. The van der Waals surface area contributed by atoms with Crippen LogP contribution in [0.1, 0.15) is 19.3 Å². The second kappa shape index (κ2) is 2.85. The zero-order valence-electron chi connectivity index (χ0n) is 6.94. The third kappa shape index (κ3) is 1.81. The van der Waals surface area contributed by atoms with Crippen LogP contribution in [0.25, 0.3) is 0 Å². The molecule has 2 fully saturated rings. The monoisotopic (exact) mass is 223 g/mol. The van der Waals surface area contributed by atoms with Crippen molar-refractivity contribution in [1.29, 1.82) is 0 Å². The van der Waals surface area contributed by atoms with Crippen LogP contribution in [0.5, 0.6) is 0 Å². The third-order valence-electron chi connectivity index (χ3n) is 2.51. The molecule has 13 heavy (non-hydrogen) atoms. The molecule has 4 nitrogen and oxygen atoms in total. The van der Waals surface area contributed by atoms with Gasteiger partial charge in [0.05, 0.1) is 0 Å². The molecule has 2 rings (SSSR count). The lowest BCUT2D eigenvalue weighted by molar-refractivity contribution is -0.128. The Bertz CT molecular complexity index is 336. The fourth-order valence-electron chi connectivity index (χ4n) is 1.63. The highest BCUT2D eigenvalue weighted by Gasteiger charge is 2.43. The van der Waals surface area contributed by atoms with E-state index in [0.717, 1.165) is 12.8 Å². The van der Waals surface area contributed by atoms with Crippen molar-refractivity contribution >= 4 is 25.6 Å². The van der Waals surface area contributed by atoms with Gasteiger partial charge in [0, 0.05) is 29.7 Å². The maximum Gasteiger partial charge on any atom is 0.237 e. The van der Waals surface area contributed by atoms with Gasteiger partial charge in [-0.2, -0.15) is 0 Å². The lowest BCUT2D eigenvalue weighted by atomic mass is 10.4. The Hall–Kier alpha value is -0.290. The Balaban J connectivity index is 2.10. The number of amides is 1. The fraction of sp³-hybridized carbons (Fsp3) is 0.857. The van der Waals surface area contributed by atoms with E-state index in [2.05, 4.69) is 0 Å². The summed E-state index contributed by atoms with van der Waals surface area (Å²) in [7, 11) is 1.62. The number of likely N-dealkylation sites (tertiary alicyclic amines) is 1. The highest BCUT2D eigenvalue weighted by atomic mass is 35.7. The summed E-state index contributed by atoms with van der Waals surface area (Å²) in [6.45, 7) is 0.287. The van der Waals surface area contributed by atoms with Crippen LogP contribution in [0.3, 0.4) is 0 Å². The van der Waals surface area contributed by atoms with Crippen LogP contribution in [0.4, 0.5) is 0 Å². The first-order valence-electron chi connectivity index (χ1n) is 4.21. The van der Waals surface area contributed by atoms with E-state index in [-0.39, 0.29) is 24.9 Å². The SMILES string of the molecule is O=C1C[C@@H](S(=O)(=O)Cl)CN1C1CC1. The molecule has 0 aromatic carbocycles. The molecule has 1 aliphatic carbocycles. The molecule has 0 spiro atoms. The standard InChI is InChI=1S/C7H10ClNO3S/c8-13(11,12)6-3-7(10)9(4-6)5-1-2-5/h5-6H,1-4H2/t6-/m1/s1. The van der Waals surface area contributed by atoms with Crippen LogP contribution in [0.2, 0.25) is 0 Å². The summed E-state index contributed by atoms with van der Waals surface area (Å²) in [5.74, 6) is -0.0725. The van der Waals surface area contributed by atoms with Gasteiger partial charge in [-0.05, 0) is 12.8 Å². The quantitative estimate of drug-likeness (QED) is 0.634. The molecule has 0 bridgehead atoms. The minimum atomic E-state index is -3.56. The first-order chi connectivity index (χ1) is 5.98. The van der Waals surface area contributed by atoms with Crippen molar-refractivity contribution < 1.29 is 13.2 Å². The first kappa shape index (κ1) is 9.27. The second-order valence-corrected chi connectivity index (χ2v) is 6.49. The largest absolute Gasteiger partial charge is 0.338 e. The minimum Gasteiger partial charge on any atom is -0.338 e. The summed E-state index contributed by atoms with van der Waals surface area (Å²) < 4.78 is 21.9. The van der Waals surface area contributed by atoms with E-state index in [1.807, 2.05) is 0 Å². The number of hydrogen-bond donors (Lipinski definition) is 0. The molecular weight excluding hydrogens is 214 g/mol. The van der Waals surface area contributed by atoms with Crippen molar-refractivity contribution in [3.05, 3.63) is 0 Å². The molecule has 1 saturated heterocycles. The molecule has 1 amide bonds. The summed E-state index contributed by atoms with van der Waals surface area (Å²) in [6.07, 6.45) is 2.06. The van der Waals surface area contributed by atoms with Gasteiger partial charge in [0.25, 0.3) is 0 Å². The topological polar surface area (TPSA) is 54.5 Å². The van der Waals surface area contributed by atoms with Gasteiger partial charge in [-0.25, -0.2) is 8.42 Å². The Morgan fingerprint density at radius 1 is 1.38 bits per heavy atom. The van der Waals surface area contributed by atoms with Gasteiger partial charge in [-0.15, -0.1) is 0 Å². The van der Waals surface area contributed by atoms with Crippen molar-refractivity contribution in [1.82, 2.24) is 4.90 Å². The number of nitrogens with zero attached hydrogens (tertiary/aromatic N) is 1. The van der Waals surface area contributed by atoms with Crippen molar-refractivity contribution in [3.63, 3.8) is 0 Å². The van der Waals surface area contributed by atoms with E-state index in [9.17, 15) is 13.2 Å². The lowest BCUT2D eigenvalue weighted by Gasteiger charge is -2.13. The van der Waals surface area contributed by atoms with Crippen LogP contribution >= 0.6 is 10.7 Å². The van der Waals surface area contributed by atoms with E-state index >= 15 is 0 Å². The van der Waals surface area contributed by atoms with Gasteiger partial charge >= 0.3 is 0 Å². The summed E-state index contributed by atoms with van der Waals surface area (Å²) >= 11 is 0. The summed E-state index contributed by atoms with van der Waals surface area (Å²) in [5, 5.41) is -0.692. The predicted octanol–water partition coefficient (Wildman–Crippen LogP) is 0.318.